The van der Waals surface area contributed by atoms with Crippen molar-refractivity contribution in [3.05, 3.63) is 68.4 Å². The number of aliphatic imine (C=N–C) groups is 1. The quantitative estimate of drug-likeness (QED) is 0.227. The molecule has 42 heavy (non-hydrogen) atoms. The second kappa shape index (κ2) is 14.5. The molecule has 222 valence electrons. The van der Waals surface area contributed by atoms with Crippen LogP contribution in [-0.4, -0.2) is 74.7 Å². The molecule has 3 heterocycles. The molecule has 1 aliphatic rings. The molecule has 0 amide bonds. The maximum Gasteiger partial charge on any atom is 0.336 e. The van der Waals surface area contributed by atoms with E-state index < -0.39 is 23.8 Å². The van der Waals surface area contributed by atoms with Crippen molar-refractivity contribution in [2.45, 2.75) is 32.9 Å². The van der Waals surface area contributed by atoms with E-state index in [1.54, 1.807) is 38.1 Å². The number of tetrazole rings is 1. The van der Waals surface area contributed by atoms with Gasteiger partial charge in [0.15, 0.2) is 5.82 Å². The highest BCUT2D eigenvalue weighted by Gasteiger charge is 2.44. The third kappa shape index (κ3) is 7.40. The largest absolute Gasteiger partial charge is 0.468 e. The number of carbonyl (C=O) groups excluding carboxylic acids is 2. The van der Waals surface area contributed by atoms with Crippen LogP contribution in [0.2, 0.25) is 15.2 Å². The van der Waals surface area contributed by atoms with Gasteiger partial charge in [-0.25, -0.2) is 14.8 Å². The molecular formula is C26H27Cl3N8O5. The molecule has 0 saturated carbocycles. The summed E-state index contributed by atoms with van der Waals surface area (Å²) in [7, 11) is 1.26. The summed E-state index contributed by atoms with van der Waals surface area (Å²) in [5, 5.41) is 16.2. The van der Waals surface area contributed by atoms with E-state index in [0.717, 1.165) is 0 Å². The third-order valence-electron chi connectivity index (χ3n) is 6.20. The van der Waals surface area contributed by atoms with Gasteiger partial charge in [-0.2, -0.15) is 4.80 Å². The van der Waals surface area contributed by atoms with Crippen molar-refractivity contribution in [2.24, 2.45) is 10.9 Å². The predicted molar refractivity (Wildman–Crippen MR) is 154 cm³/mol. The first kappa shape index (κ1) is 31.3. The molecule has 2 aromatic heterocycles. The number of aromatic nitrogens is 6. The smallest absolute Gasteiger partial charge is 0.336 e. The van der Waals surface area contributed by atoms with Crippen molar-refractivity contribution < 1.29 is 23.8 Å². The number of anilines is 1. The van der Waals surface area contributed by atoms with Gasteiger partial charge in [0.05, 0.1) is 48.2 Å². The lowest BCUT2D eigenvalue weighted by atomic mass is 9.75. The van der Waals surface area contributed by atoms with Gasteiger partial charge in [0.1, 0.15) is 29.8 Å². The van der Waals surface area contributed by atoms with E-state index >= 15 is 0 Å². The van der Waals surface area contributed by atoms with Crippen LogP contribution in [-0.2, 0) is 37.0 Å². The molecule has 2 unspecified atom stereocenters. The van der Waals surface area contributed by atoms with Crippen molar-refractivity contribution in [3.8, 4) is 0 Å². The second-order valence-corrected chi connectivity index (χ2v) is 10.1. The zero-order valence-corrected chi connectivity index (χ0v) is 25.2. The first-order chi connectivity index (χ1) is 20.2. The number of rotatable bonds is 12. The van der Waals surface area contributed by atoms with Crippen LogP contribution < -0.4 is 5.32 Å². The Morgan fingerprint density at radius 2 is 1.95 bits per heavy atom. The van der Waals surface area contributed by atoms with Crippen LogP contribution >= 0.6 is 34.8 Å². The molecular weight excluding hydrogens is 611 g/mol. The minimum atomic E-state index is -0.942. The lowest BCUT2D eigenvalue weighted by molar-refractivity contribution is -0.144. The number of benzene rings is 1. The number of nitrogens with zero attached hydrogens (tertiary/aromatic N) is 7. The third-order valence-corrected chi connectivity index (χ3v) is 7.24. The Hall–Kier alpha value is -3.65. The average molecular weight is 638 g/mol. The minimum Gasteiger partial charge on any atom is -0.468 e. The van der Waals surface area contributed by atoms with Gasteiger partial charge in [-0.3, -0.25) is 9.79 Å². The van der Waals surface area contributed by atoms with Gasteiger partial charge in [0.25, 0.3) is 0 Å². The second-order valence-electron chi connectivity index (χ2n) is 8.90. The van der Waals surface area contributed by atoms with Crippen LogP contribution in [0.25, 0.3) is 0 Å². The molecule has 0 saturated heterocycles. The van der Waals surface area contributed by atoms with E-state index in [0.29, 0.717) is 41.2 Å². The number of nitrogens with one attached hydrogen (secondary N) is 1. The van der Waals surface area contributed by atoms with Gasteiger partial charge in [-0.1, -0.05) is 46.9 Å². The molecule has 16 heteroatoms. The Bertz CT molecular complexity index is 1510. The lowest BCUT2D eigenvalue weighted by Crippen LogP contribution is -2.37. The van der Waals surface area contributed by atoms with Gasteiger partial charge >= 0.3 is 11.9 Å². The molecule has 0 aliphatic carbocycles. The molecule has 13 nitrogen and oxygen atoms in total. The Morgan fingerprint density at radius 1 is 1.14 bits per heavy atom. The number of hydrogen-bond acceptors (Lipinski definition) is 12. The van der Waals surface area contributed by atoms with E-state index in [9.17, 15) is 9.59 Å². The summed E-state index contributed by atoms with van der Waals surface area (Å²) in [4.78, 5) is 40.1. The summed E-state index contributed by atoms with van der Waals surface area (Å²) in [5.74, 6) is -2.19. The molecule has 2 atom stereocenters. The van der Waals surface area contributed by atoms with Gasteiger partial charge in [-0.15, -0.1) is 10.2 Å². The fourth-order valence-electron chi connectivity index (χ4n) is 4.41. The zero-order valence-electron chi connectivity index (χ0n) is 22.9. The van der Waals surface area contributed by atoms with Crippen LogP contribution in [0.5, 0.6) is 0 Å². The summed E-state index contributed by atoms with van der Waals surface area (Å²) < 4.78 is 16.3. The number of ether oxygens (including phenoxy) is 3. The molecule has 0 fully saturated rings. The Kier molecular flexibility index (Phi) is 10.8. The van der Waals surface area contributed by atoms with Crippen molar-refractivity contribution >= 4 is 58.3 Å². The summed E-state index contributed by atoms with van der Waals surface area (Å²) in [6.45, 7) is 4.18. The molecule has 1 aromatic carbocycles. The summed E-state index contributed by atoms with van der Waals surface area (Å²) in [6, 6.07) is 6.60. The van der Waals surface area contributed by atoms with Gasteiger partial charge < -0.3 is 19.5 Å². The van der Waals surface area contributed by atoms with E-state index in [1.807, 2.05) is 0 Å². The number of methoxy groups -OCH3 is 1. The van der Waals surface area contributed by atoms with Gasteiger partial charge in [-0.05, 0) is 30.7 Å². The standard InChI is InChI=1S/C26H27Cl3N8O5/c1-4-42-26(39)23-17(33-14(2)21(25(38)40-3)22(23)15-6-5-7-16(27)24(15)29)11-41-12-20-34-36-37(35-20)9-8-30-19-10-18(28)31-13-32-19/h5-7,10,13,21-22H,4,8-9,11-12H2,1-3H3,(H,30,31,32). The Balaban J connectivity index is 1.53. The molecule has 3 aromatic rings. The highest BCUT2D eigenvalue weighted by Crippen LogP contribution is 2.44. The van der Waals surface area contributed by atoms with Crippen LogP contribution in [0.1, 0.15) is 31.2 Å². The normalized spacial score (nSPS) is 16.7. The summed E-state index contributed by atoms with van der Waals surface area (Å²) in [6.07, 6.45) is 1.36. The zero-order chi connectivity index (χ0) is 30.2. The van der Waals surface area contributed by atoms with Crippen molar-refractivity contribution in [1.29, 1.82) is 0 Å². The molecule has 1 aliphatic heterocycles. The van der Waals surface area contributed by atoms with Gasteiger partial charge in [0, 0.05) is 24.2 Å². The number of carbonyl (C=O) groups is 2. The number of esters is 2. The van der Waals surface area contributed by atoms with Crippen molar-refractivity contribution in [3.63, 3.8) is 0 Å². The maximum absolute atomic E-state index is 13.3. The van der Waals surface area contributed by atoms with E-state index in [2.05, 4.69) is 35.7 Å². The average Bonchev–Trinajstić information content (AvgIpc) is 3.41. The van der Waals surface area contributed by atoms with Crippen LogP contribution in [0.3, 0.4) is 0 Å². The predicted octanol–water partition coefficient (Wildman–Crippen LogP) is 3.92. The molecule has 0 spiro atoms. The monoisotopic (exact) mass is 636 g/mol. The SMILES string of the molecule is CCOC(=O)C1=C(COCc2nnn(CCNc3cc(Cl)ncn3)n2)N=C(C)C(C(=O)OC)C1c1cccc(Cl)c1Cl. The first-order valence-corrected chi connectivity index (χ1v) is 13.9. The molecule has 4 rings (SSSR count). The molecule has 0 bridgehead atoms. The molecule has 0 radical (unpaired) electrons. The summed E-state index contributed by atoms with van der Waals surface area (Å²) in [5.41, 5.74) is 1.26. The Labute approximate surface area is 256 Å². The summed E-state index contributed by atoms with van der Waals surface area (Å²) >= 11 is 18.7. The van der Waals surface area contributed by atoms with Crippen LogP contribution in [0.4, 0.5) is 5.82 Å². The van der Waals surface area contributed by atoms with Crippen LogP contribution in [0, 0.1) is 5.92 Å². The molecule has 1 N–H and O–H groups in total. The Morgan fingerprint density at radius 3 is 2.69 bits per heavy atom. The fraction of sp³-hybridized carbons (Fsp3) is 0.385. The topological polar surface area (TPSA) is 156 Å². The highest BCUT2D eigenvalue weighted by atomic mass is 35.5. The van der Waals surface area contributed by atoms with Crippen molar-refractivity contribution in [2.75, 3.05) is 32.2 Å². The van der Waals surface area contributed by atoms with E-state index in [1.165, 1.54) is 18.2 Å². The number of hydrogen-bond donors (Lipinski definition) is 1. The van der Waals surface area contributed by atoms with Crippen LogP contribution in [0.15, 0.2) is 46.9 Å². The maximum atomic E-state index is 13.3. The van der Waals surface area contributed by atoms with E-state index in [-0.39, 0.29) is 41.1 Å². The highest BCUT2D eigenvalue weighted by molar-refractivity contribution is 6.42. The fourth-order valence-corrected chi connectivity index (χ4v) is 4.98. The van der Waals surface area contributed by atoms with E-state index in [4.69, 9.17) is 49.0 Å². The first-order valence-electron chi connectivity index (χ1n) is 12.8. The van der Waals surface area contributed by atoms with Gasteiger partial charge in [0.2, 0.25) is 0 Å². The van der Waals surface area contributed by atoms with Crippen molar-refractivity contribution in [1.82, 2.24) is 30.2 Å². The minimum absolute atomic E-state index is 0.0217. The number of halogens is 3. The lowest BCUT2D eigenvalue weighted by Gasteiger charge is -2.32.